The van der Waals surface area contributed by atoms with Crippen molar-refractivity contribution in [2.45, 2.75) is 45.1 Å². The molecule has 0 radical (unpaired) electrons. The zero-order valence-corrected chi connectivity index (χ0v) is 14.3. The first-order valence-electron chi connectivity index (χ1n) is 8.79. The number of carbonyl (C=O) groups is 1. The maximum absolute atomic E-state index is 12.2. The number of ether oxygens (including phenoxy) is 1. The quantitative estimate of drug-likeness (QED) is 0.803. The Kier molecular flexibility index (Phi) is 5.52. The lowest BCUT2D eigenvalue weighted by Crippen LogP contribution is -2.31. The maximum Gasteiger partial charge on any atom is 0.220 e. The normalized spacial score (nSPS) is 16.3. The van der Waals surface area contributed by atoms with E-state index in [0.717, 1.165) is 31.4 Å². The fourth-order valence-corrected chi connectivity index (χ4v) is 3.23. The van der Waals surface area contributed by atoms with Crippen molar-refractivity contribution in [2.24, 2.45) is 0 Å². The van der Waals surface area contributed by atoms with Gasteiger partial charge >= 0.3 is 0 Å². The molecule has 0 saturated carbocycles. The average molecular weight is 323 g/mol. The van der Waals surface area contributed by atoms with Crippen LogP contribution >= 0.6 is 0 Å². The third-order valence-electron chi connectivity index (χ3n) is 4.54. The molecule has 0 heterocycles. The van der Waals surface area contributed by atoms with E-state index in [9.17, 15) is 4.79 Å². The summed E-state index contributed by atoms with van der Waals surface area (Å²) in [5, 5.41) is 3.19. The first-order valence-corrected chi connectivity index (χ1v) is 8.79. The van der Waals surface area contributed by atoms with Gasteiger partial charge in [0, 0.05) is 6.42 Å². The van der Waals surface area contributed by atoms with Gasteiger partial charge in [-0.25, -0.2) is 0 Å². The molecule has 0 fully saturated rings. The maximum atomic E-state index is 12.2. The Labute approximate surface area is 144 Å². The van der Waals surface area contributed by atoms with E-state index in [0.29, 0.717) is 13.0 Å². The van der Waals surface area contributed by atoms with Crippen molar-refractivity contribution in [2.75, 3.05) is 6.61 Å². The third-order valence-corrected chi connectivity index (χ3v) is 4.54. The van der Waals surface area contributed by atoms with E-state index in [-0.39, 0.29) is 11.9 Å². The molecule has 1 atom stereocenters. The van der Waals surface area contributed by atoms with Crippen molar-refractivity contribution >= 4 is 5.91 Å². The molecule has 1 N–H and O–H groups in total. The van der Waals surface area contributed by atoms with E-state index in [1.54, 1.807) is 0 Å². The Morgan fingerprint density at radius 3 is 2.79 bits per heavy atom. The van der Waals surface area contributed by atoms with Crippen LogP contribution in [0.4, 0.5) is 0 Å². The number of aryl methyl sites for hydroxylation is 2. The summed E-state index contributed by atoms with van der Waals surface area (Å²) in [5.74, 6) is 0.978. The number of hydrogen-bond donors (Lipinski definition) is 1. The Hall–Kier alpha value is -2.29. The number of fused-ring (bicyclic) bond motifs is 1. The minimum atomic E-state index is 0.115. The summed E-state index contributed by atoms with van der Waals surface area (Å²) in [6, 6.07) is 16.6. The van der Waals surface area contributed by atoms with Crippen LogP contribution in [0.5, 0.6) is 5.75 Å². The van der Waals surface area contributed by atoms with Gasteiger partial charge in [0.25, 0.3) is 0 Å². The number of benzene rings is 2. The zero-order chi connectivity index (χ0) is 16.8. The minimum absolute atomic E-state index is 0.115. The van der Waals surface area contributed by atoms with Crippen LogP contribution in [0, 0.1) is 6.92 Å². The highest BCUT2D eigenvalue weighted by Crippen LogP contribution is 2.29. The second-order valence-corrected chi connectivity index (χ2v) is 6.48. The van der Waals surface area contributed by atoms with E-state index in [1.807, 2.05) is 24.3 Å². The SMILES string of the molecule is Cc1ccc(OCCCC(=O)N[C@H]2CCCc3ccccc32)cc1. The molecular weight excluding hydrogens is 298 g/mol. The Morgan fingerprint density at radius 2 is 1.96 bits per heavy atom. The highest BCUT2D eigenvalue weighted by atomic mass is 16.5. The van der Waals surface area contributed by atoms with Crippen molar-refractivity contribution in [3.05, 3.63) is 65.2 Å². The van der Waals surface area contributed by atoms with Crippen LogP contribution in [0.1, 0.15) is 48.4 Å². The van der Waals surface area contributed by atoms with Gasteiger partial charge in [-0.05, 0) is 55.9 Å². The Morgan fingerprint density at radius 1 is 1.17 bits per heavy atom. The van der Waals surface area contributed by atoms with Crippen LogP contribution in [0.2, 0.25) is 0 Å². The molecule has 3 nitrogen and oxygen atoms in total. The van der Waals surface area contributed by atoms with Crippen molar-refractivity contribution in [1.82, 2.24) is 5.32 Å². The predicted molar refractivity (Wildman–Crippen MR) is 96.2 cm³/mol. The number of rotatable bonds is 6. The smallest absolute Gasteiger partial charge is 0.220 e. The van der Waals surface area contributed by atoms with E-state index in [1.165, 1.54) is 16.7 Å². The predicted octanol–water partition coefficient (Wildman–Crippen LogP) is 4.35. The Balaban J connectivity index is 1.42. The van der Waals surface area contributed by atoms with Crippen LogP contribution in [0.3, 0.4) is 0 Å². The molecule has 126 valence electrons. The summed E-state index contributed by atoms with van der Waals surface area (Å²) in [6.45, 7) is 2.62. The van der Waals surface area contributed by atoms with Gasteiger partial charge in [0.05, 0.1) is 12.6 Å². The van der Waals surface area contributed by atoms with Gasteiger partial charge in [0.1, 0.15) is 5.75 Å². The van der Waals surface area contributed by atoms with E-state index >= 15 is 0 Å². The number of carbonyl (C=O) groups excluding carboxylic acids is 1. The largest absolute Gasteiger partial charge is 0.494 e. The molecule has 2 aromatic carbocycles. The van der Waals surface area contributed by atoms with Crippen molar-refractivity contribution in [1.29, 1.82) is 0 Å². The summed E-state index contributed by atoms with van der Waals surface area (Å²) in [4.78, 5) is 12.2. The second-order valence-electron chi connectivity index (χ2n) is 6.48. The zero-order valence-electron chi connectivity index (χ0n) is 14.3. The van der Waals surface area contributed by atoms with Gasteiger partial charge in [-0.15, -0.1) is 0 Å². The van der Waals surface area contributed by atoms with Gasteiger partial charge < -0.3 is 10.1 Å². The molecule has 0 bridgehead atoms. The lowest BCUT2D eigenvalue weighted by molar-refractivity contribution is -0.122. The topological polar surface area (TPSA) is 38.3 Å². The number of amides is 1. The third kappa shape index (κ3) is 4.38. The highest BCUT2D eigenvalue weighted by molar-refractivity contribution is 5.76. The molecule has 0 saturated heterocycles. The van der Waals surface area contributed by atoms with E-state index in [2.05, 4.69) is 36.5 Å². The van der Waals surface area contributed by atoms with Crippen LogP contribution in [0.25, 0.3) is 0 Å². The van der Waals surface area contributed by atoms with Crippen molar-refractivity contribution < 1.29 is 9.53 Å². The standard InChI is InChI=1S/C21H25NO2/c1-16-11-13-18(14-12-16)24-15-5-10-21(23)22-20-9-4-7-17-6-2-3-8-19(17)20/h2-3,6,8,11-14,20H,4-5,7,9-10,15H2,1H3,(H,22,23)/t20-/m0/s1. The minimum Gasteiger partial charge on any atom is -0.494 e. The second kappa shape index (κ2) is 8.00. The summed E-state index contributed by atoms with van der Waals surface area (Å²) in [7, 11) is 0. The summed E-state index contributed by atoms with van der Waals surface area (Å²) >= 11 is 0. The molecule has 24 heavy (non-hydrogen) atoms. The molecule has 1 aliphatic rings. The van der Waals surface area contributed by atoms with Crippen molar-refractivity contribution in [3.8, 4) is 5.75 Å². The monoisotopic (exact) mass is 323 g/mol. The number of nitrogens with one attached hydrogen (secondary N) is 1. The first-order chi connectivity index (χ1) is 11.7. The van der Waals surface area contributed by atoms with Crippen LogP contribution in [0.15, 0.2) is 48.5 Å². The summed E-state index contributed by atoms with van der Waals surface area (Å²) in [6.07, 6.45) is 4.52. The molecule has 0 unspecified atom stereocenters. The fourth-order valence-electron chi connectivity index (χ4n) is 3.23. The highest BCUT2D eigenvalue weighted by Gasteiger charge is 2.20. The van der Waals surface area contributed by atoms with Gasteiger partial charge in [-0.2, -0.15) is 0 Å². The first kappa shape index (κ1) is 16.6. The molecule has 0 aromatic heterocycles. The molecule has 1 aliphatic carbocycles. The van der Waals surface area contributed by atoms with Gasteiger partial charge in [0.15, 0.2) is 0 Å². The molecule has 0 spiro atoms. The lowest BCUT2D eigenvalue weighted by Gasteiger charge is -2.26. The molecule has 3 rings (SSSR count). The molecule has 0 aliphatic heterocycles. The molecule has 1 amide bonds. The summed E-state index contributed by atoms with van der Waals surface area (Å²) < 4.78 is 5.68. The van der Waals surface area contributed by atoms with Crippen LogP contribution in [-0.2, 0) is 11.2 Å². The number of hydrogen-bond acceptors (Lipinski definition) is 2. The van der Waals surface area contributed by atoms with Gasteiger partial charge in [-0.1, -0.05) is 42.0 Å². The van der Waals surface area contributed by atoms with E-state index < -0.39 is 0 Å². The van der Waals surface area contributed by atoms with Crippen molar-refractivity contribution in [3.63, 3.8) is 0 Å². The van der Waals surface area contributed by atoms with Gasteiger partial charge in [-0.3, -0.25) is 4.79 Å². The average Bonchev–Trinajstić information content (AvgIpc) is 2.61. The van der Waals surface area contributed by atoms with Gasteiger partial charge in [0.2, 0.25) is 5.91 Å². The molecule has 3 heteroatoms. The molecule has 2 aromatic rings. The van der Waals surface area contributed by atoms with E-state index in [4.69, 9.17) is 4.74 Å². The fraction of sp³-hybridized carbons (Fsp3) is 0.381. The molecular formula is C21H25NO2. The van der Waals surface area contributed by atoms with Crippen LogP contribution < -0.4 is 10.1 Å². The summed E-state index contributed by atoms with van der Waals surface area (Å²) in [5.41, 5.74) is 3.87. The lowest BCUT2D eigenvalue weighted by atomic mass is 9.87. The Bertz CT molecular complexity index is 678. The van der Waals surface area contributed by atoms with Crippen LogP contribution in [-0.4, -0.2) is 12.5 Å².